The summed E-state index contributed by atoms with van der Waals surface area (Å²) in [4.78, 5) is 11.3. The van der Waals surface area contributed by atoms with Crippen molar-refractivity contribution < 1.29 is 18.0 Å². The molecule has 1 amide bonds. The van der Waals surface area contributed by atoms with Gasteiger partial charge in [0.15, 0.2) is 0 Å². The van der Waals surface area contributed by atoms with Gasteiger partial charge in [-0.15, -0.1) is 0 Å². The average Bonchev–Trinajstić information content (AvgIpc) is 2.34. The van der Waals surface area contributed by atoms with Gasteiger partial charge >= 0.3 is 6.18 Å². The smallest absolute Gasteiger partial charge is 0.359 e. The van der Waals surface area contributed by atoms with Crippen molar-refractivity contribution in [3.8, 4) is 0 Å². The Hall–Kier alpha value is -1.52. The van der Waals surface area contributed by atoms with Crippen LogP contribution in [-0.4, -0.2) is 13.0 Å². The molecular weight excluding hydrogens is 243 g/mol. The Morgan fingerprint density at radius 2 is 1.94 bits per heavy atom. The summed E-state index contributed by atoms with van der Waals surface area (Å²) < 4.78 is 38.6. The lowest BCUT2D eigenvalue weighted by molar-refractivity contribution is -0.138. The normalized spacial score (nSPS) is 13.2. The molecule has 0 heterocycles. The van der Waals surface area contributed by atoms with Crippen LogP contribution in [0.3, 0.4) is 0 Å². The fourth-order valence-corrected chi connectivity index (χ4v) is 1.91. The number of rotatable bonds is 4. The average molecular weight is 259 g/mol. The molecule has 1 rings (SSSR count). The first-order chi connectivity index (χ1) is 8.40. The monoisotopic (exact) mass is 259 g/mol. The van der Waals surface area contributed by atoms with E-state index in [2.05, 4.69) is 5.32 Å². The number of alkyl halides is 3. The Morgan fingerprint density at radius 3 is 2.44 bits per heavy atom. The lowest BCUT2D eigenvalue weighted by Gasteiger charge is -2.19. The third-order valence-electron chi connectivity index (χ3n) is 2.91. The van der Waals surface area contributed by atoms with Gasteiger partial charge < -0.3 is 5.32 Å². The summed E-state index contributed by atoms with van der Waals surface area (Å²) in [6.07, 6.45) is -3.83. The van der Waals surface area contributed by atoms with E-state index in [1.165, 1.54) is 19.2 Å². The van der Waals surface area contributed by atoms with Crippen LogP contribution in [0.15, 0.2) is 24.3 Å². The molecule has 0 aliphatic rings. The summed E-state index contributed by atoms with van der Waals surface area (Å²) in [6.45, 7) is 1.78. The van der Waals surface area contributed by atoms with Crippen LogP contribution in [0, 0.1) is 0 Å². The molecule has 1 unspecified atom stereocenters. The van der Waals surface area contributed by atoms with E-state index in [0.29, 0.717) is 6.42 Å². The predicted molar refractivity (Wildman–Crippen MR) is 63.2 cm³/mol. The second-order valence-electron chi connectivity index (χ2n) is 4.07. The number of benzene rings is 1. The standard InChI is InChI=1S/C13H16F3NO/c1-3-9(8-12(18)17-2)10-6-4-5-7-11(10)13(14,15)16/h4-7,9H,3,8H2,1-2H3,(H,17,18). The minimum absolute atomic E-state index is 0.0695. The maximum atomic E-state index is 12.9. The zero-order chi connectivity index (χ0) is 13.8. The van der Waals surface area contributed by atoms with Crippen LogP contribution in [0.5, 0.6) is 0 Å². The van der Waals surface area contributed by atoms with Crippen LogP contribution in [-0.2, 0) is 11.0 Å². The van der Waals surface area contributed by atoms with Crippen LogP contribution in [0.4, 0.5) is 13.2 Å². The molecule has 1 N–H and O–H groups in total. The molecule has 100 valence electrons. The first kappa shape index (κ1) is 14.5. The summed E-state index contributed by atoms with van der Waals surface area (Å²) in [7, 11) is 1.48. The molecule has 1 aromatic rings. The molecule has 0 aliphatic heterocycles. The van der Waals surface area contributed by atoms with Crippen molar-refractivity contribution in [2.75, 3.05) is 7.05 Å². The largest absolute Gasteiger partial charge is 0.416 e. The quantitative estimate of drug-likeness (QED) is 0.882. The van der Waals surface area contributed by atoms with Crippen LogP contribution >= 0.6 is 0 Å². The molecule has 0 spiro atoms. The van der Waals surface area contributed by atoms with E-state index >= 15 is 0 Å². The fourth-order valence-electron chi connectivity index (χ4n) is 1.91. The topological polar surface area (TPSA) is 29.1 Å². The number of hydrogen-bond donors (Lipinski definition) is 1. The van der Waals surface area contributed by atoms with Crippen LogP contribution in [0.2, 0.25) is 0 Å². The van der Waals surface area contributed by atoms with Gasteiger partial charge in [0.05, 0.1) is 5.56 Å². The van der Waals surface area contributed by atoms with E-state index in [1.54, 1.807) is 13.0 Å². The molecule has 0 radical (unpaired) electrons. The van der Waals surface area contributed by atoms with Gasteiger partial charge in [0.2, 0.25) is 5.91 Å². The Bertz CT molecular complexity index is 415. The third kappa shape index (κ3) is 3.48. The number of hydrogen-bond acceptors (Lipinski definition) is 1. The number of carbonyl (C=O) groups is 1. The number of nitrogens with one attached hydrogen (secondary N) is 1. The van der Waals surface area contributed by atoms with Crippen molar-refractivity contribution in [2.45, 2.75) is 31.9 Å². The number of carbonyl (C=O) groups excluding carboxylic acids is 1. The fraction of sp³-hybridized carbons (Fsp3) is 0.462. The van der Waals surface area contributed by atoms with E-state index in [-0.39, 0.29) is 17.9 Å². The number of halogens is 3. The molecule has 1 atom stereocenters. The molecule has 0 bridgehead atoms. The highest BCUT2D eigenvalue weighted by Gasteiger charge is 2.34. The molecule has 0 saturated carbocycles. The van der Waals surface area contributed by atoms with Gasteiger partial charge in [-0.3, -0.25) is 4.79 Å². The van der Waals surface area contributed by atoms with Crippen LogP contribution in [0.1, 0.15) is 36.8 Å². The lowest BCUT2D eigenvalue weighted by atomic mass is 9.89. The van der Waals surface area contributed by atoms with Gasteiger partial charge in [-0.2, -0.15) is 13.2 Å². The number of amides is 1. The molecule has 1 aromatic carbocycles. The Kier molecular flexibility index (Phi) is 4.76. The highest BCUT2D eigenvalue weighted by Crippen LogP contribution is 2.37. The molecule has 5 heteroatoms. The molecule has 0 fully saturated rings. The maximum absolute atomic E-state index is 12.9. The summed E-state index contributed by atoms with van der Waals surface area (Å²) in [5.74, 6) is -0.665. The van der Waals surface area contributed by atoms with Gasteiger partial charge in [-0.05, 0) is 24.0 Å². The van der Waals surface area contributed by atoms with Crippen LogP contribution < -0.4 is 5.32 Å². The van der Waals surface area contributed by atoms with Crippen molar-refractivity contribution in [2.24, 2.45) is 0 Å². The van der Waals surface area contributed by atoms with Crippen molar-refractivity contribution in [1.82, 2.24) is 5.32 Å². The minimum atomic E-state index is -4.38. The molecule has 0 aromatic heterocycles. The van der Waals surface area contributed by atoms with Crippen LogP contribution in [0.25, 0.3) is 0 Å². The van der Waals surface area contributed by atoms with Crippen molar-refractivity contribution in [3.63, 3.8) is 0 Å². The van der Waals surface area contributed by atoms with E-state index in [0.717, 1.165) is 6.07 Å². The lowest BCUT2D eigenvalue weighted by Crippen LogP contribution is -2.21. The van der Waals surface area contributed by atoms with Crippen molar-refractivity contribution >= 4 is 5.91 Å². The Labute approximate surface area is 104 Å². The minimum Gasteiger partial charge on any atom is -0.359 e. The summed E-state index contributed by atoms with van der Waals surface area (Å²) in [5.41, 5.74) is -0.461. The predicted octanol–water partition coefficient (Wildman–Crippen LogP) is 3.34. The highest BCUT2D eigenvalue weighted by molar-refractivity contribution is 5.76. The van der Waals surface area contributed by atoms with E-state index in [4.69, 9.17) is 0 Å². The van der Waals surface area contributed by atoms with Gasteiger partial charge in [0.1, 0.15) is 0 Å². The first-order valence-corrected chi connectivity index (χ1v) is 5.76. The Morgan fingerprint density at radius 1 is 1.33 bits per heavy atom. The second kappa shape index (κ2) is 5.89. The third-order valence-corrected chi connectivity index (χ3v) is 2.91. The van der Waals surface area contributed by atoms with E-state index in [9.17, 15) is 18.0 Å². The van der Waals surface area contributed by atoms with Gasteiger partial charge in [-0.25, -0.2) is 0 Å². The maximum Gasteiger partial charge on any atom is 0.416 e. The molecule has 2 nitrogen and oxygen atoms in total. The van der Waals surface area contributed by atoms with Crippen molar-refractivity contribution in [1.29, 1.82) is 0 Å². The van der Waals surface area contributed by atoms with Crippen molar-refractivity contribution in [3.05, 3.63) is 35.4 Å². The van der Waals surface area contributed by atoms with Gasteiger partial charge in [0, 0.05) is 13.5 Å². The highest BCUT2D eigenvalue weighted by atomic mass is 19.4. The SMILES string of the molecule is CCC(CC(=O)NC)c1ccccc1C(F)(F)F. The van der Waals surface area contributed by atoms with Gasteiger partial charge in [-0.1, -0.05) is 25.1 Å². The molecule has 18 heavy (non-hydrogen) atoms. The zero-order valence-corrected chi connectivity index (χ0v) is 10.3. The summed E-state index contributed by atoms with van der Waals surface area (Å²) in [5, 5.41) is 2.44. The molecule has 0 saturated heterocycles. The first-order valence-electron chi connectivity index (χ1n) is 5.76. The van der Waals surface area contributed by atoms with E-state index < -0.39 is 17.7 Å². The van der Waals surface area contributed by atoms with Gasteiger partial charge in [0.25, 0.3) is 0 Å². The second-order valence-corrected chi connectivity index (χ2v) is 4.07. The zero-order valence-electron chi connectivity index (χ0n) is 10.3. The summed E-state index contributed by atoms with van der Waals surface area (Å²) in [6, 6.07) is 5.43. The summed E-state index contributed by atoms with van der Waals surface area (Å²) >= 11 is 0. The molecule has 0 aliphatic carbocycles. The molecular formula is C13H16F3NO. The Balaban J connectivity index is 3.10. The van der Waals surface area contributed by atoms with E-state index in [1.807, 2.05) is 0 Å².